The molecule has 0 aliphatic rings. The Bertz CT molecular complexity index is 792. The van der Waals surface area contributed by atoms with E-state index in [1.54, 1.807) is 6.92 Å². The second-order valence-corrected chi connectivity index (χ2v) is 6.15. The van der Waals surface area contributed by atoms with Gasteiger partial charge in [0.1, 0.15) is 18.1 Å². The summed E-state index contributed by atoms with van der Waals surface area (Å²) < 4.78 is 50.5. The Kier molecular flexibility index (Phi) is 7.14. The number of hydrogen-bond donors (Lipinski definition) is 1. The minimum Gasteiger partial charge on any atom is -0.494 e. The number of alkyl halides is 3. The fourth-order valence-electron chi connectivity index (χ4n) is 2.37. The van der Waals surface area contributed by atoms with Crippen LogP contribution in [0, 0.1) is 6.92 Å². The summed E-state index contributed by atoms with van der Waals surface area (Å²) in [5.41, 5.74) is -0.192. The zero-order chi connectivity index (χ0) is 20.7. The normalized spacial score (nSPS) is 11.1. The first kappa shape index (κ1) is 21.4. The van der Waals surface area contributed by atoms with Gasteiger partial charge in [-0.1, -0.05) is 17.7 Å². The Morgan fingerprint density at radius 2 is 1.71 bits per heavy atom. The van der Waals surface area contributed by atoms with Crippen LogP contribution in [0.25, 0.3) is 0 Å². The van der Waals surface area contributed by atoms with Gasteiger partial charge >= 0.3 is 12.2 Å². The number of carbonyl (C=O) groups excluding carboxylic acids is 1. The summed E-state index contributed by atoms with van der Waals surface area (Å²) in [4.78, 5) is 13.5. The molecular formula is C20H23F3N2O3. The predicted molar refractivity (Wildman–Crippen MR) is 101 cm³/mol. The van der Waals surface area contributed by atoms with Crippen molar-refractivity contribution in [1.82, 2.24) is 4.90 Å². The molecule has 0 atom stereocenters. The van der Waals surface area contributed by atoms with Crippen LogP contribution in [0.4, 0.5) is 23.7 Å². The highest BCUT2D eigenvalue weighted by molar-refractivity contribution is 5.90. The fourth-order valence-corrected chi connectivity index (χ4v) is 2.37. The Balaban J connectivity index is 1.97. The maximum atomic E-state index is 13.3. The van der Waals surface area contributed by atoms with Crippen LogP contribution in [0.1, 0.15) is 18.1 Å². The van der Waals surface area contributed by atoms with Gasteiger partial charge < -0.3 is 19.7 Å². The molecule has 2 rings (SSSR count). The molecule has 0 aromatic heterocycles. The van der Waals surface area contributed by atoms with Gasteiger partial charge in [0.25, 0.3) is 0 Å². The van der Waals surface area contributed by atoms with Crippen molar-refractivity contribution in [2.45, 2.75) is 20.0 Å². The number of hydrogen-bond acceptors (Lipinski definition) is 3. The van der Waals surface area contributed by atoms with Crippen LogP contribution in [0.3, 0.4) is 0 Å². The molecule has 0 heterocycles. The topological polar surface area (TPSA) is 50.8 Å². The molecule has 0 radical (unpaired) electrons. The standard InChI is InChI=1S/C20H23F3N2O3/c1-4-27-16-9-10-18(17(13-16)20(21,22)23)24-19(26)25(3)11-12-28-15-7-5-14(2)6-8-15/h5-10,13H,4,11-12H2,1-3H3,(H,24,26). The molecule has 1 N–H and O–H groups in total. The summed E-state index contributed by atoms with van der Waals surface area (Å²) in [5, 5.41) is 2.30. The van der Waals surface area contributed by atoms with E-state index in [1.165, 1.54) is 24.1 Å². The number of nitrogens with one attached hydrogen (secondary N) is 1. The van der Waals surface area contributed by atoms with Gasteiger partial charge in [-0.15, -0.1) is 0 Å². The van der Waals surface area contributed by atoms with Crippen molar-refractivity contribution in [1.29, 1.82) is 0 Å². The molecular weight excluding hydrogens is 373 g/mol. The quantitative estimate of drug-likeness (QED) is 0.720. The van der Waals surface area contributed by atoms with Crippen LogP contribution in [0.15, 0.2) is 42.5 Å². The third kappa shape index (κ3) is 6.07. The van der Waals surface area contributed by atoms with Gasteiger partial charge in [0.2, 0.25) is 0 Å². The second-order valence-electron chi connectivity index (χ2n) is 6.15. The van der Waals surface area contributed by atoms with E-state index in [2.05, 4.69) is 5.32 Å². The minimum atomic E-state index is -4.62. The lowest BCUT2D eigenvalue weighted by atomic mass is 10.1. The van der Waals surface area contributed by atoms with E-state index in [1.807, 2.05) is 31.2 Å². The zero-order valence-electron chi connectivity index (χ0n) is 16.0. The van der Waals surface area contributed by atoms with Crippen molar-refractivity contribution >= 4 is 11.7 Å². The number of benzene rings is 2. The van der Waals surface area contributed by atoms with Gasteiger partial charge in [0, 0.05) is 7.05 Å². The molecule has 2 aromatic rings. The molecule has 0 saturated heterocycles. The fraction of sp³-hybridized carbons (Fsp3) is 0.350. The molecule has 0 aliphatic heterocycles. The molecule has 0 spiro atoms. The van der Waals surface area contributed by atoms with Gasteiger partial charge in [-0.3, -0.25) is 0 Å². The molecule has 0 aliphatic carbocycles. The second kappa shape index (κ2) is 9.34. The molecule has 5 nitrogen and oxygen atoms in total. The van der Waals surface area contributed by atoms with Crippen LogP contribution in [0.2, 0.25) is 0 Å². The maximum Gasteiger partial charge on any atom is 0.418 e. The number of amides is 2. The highest BCUT2D eigenvalue weighted by Gasteiger charge is 2.34. The first-order chi connectivity index (χ1) is 13.2. The van der Waals surface area contributed by atoms with Crippen molar-refractivity contribution in [3.05, 3.63) is 53.6 Å². The van der Waals surface area contributed by atoms with E-state index in [9.17, 15) is 18.0 Å². The Morgan fingerprint density at radius 3 is 2.32 bits per heavy atom. The lowest BCUT2D eigenvalue weighted by Gasteiger charge is -2.20. The summed E-state index contributed by atoms with van der Waals surface area (Å²) in [5.74, 6) is 0.748. The average molecular weight is 396 g/mol. The number of urea groups is 1. The molecule has 0 unspecified atom stereocenters. The summed E-state index contributed by atoms with van der Waals surface area (Å²) >= 11 is 0. The SMILES string of the molecule is CCOc1ccc(NC(=O)N(C)CCOc2ccc(C)cc2)c(C(F)(F)F)c1. The Hall–Kier alpha value is -2.90. The van der Waals surface area contributed by atoms with Crippen LogP contribution in [0.5, 0.6) is 11.5 Å². The summed E-state index contributed by atoms with van der Waals surface area (Å²) in [6, 6.07) is 10.2. The number of rotatable bonds is 7. The molecule has 2 aromatic carbocycles. The van der Waals surface area contributed by atoms with E-state index >= 15 is 0 Å². The Morgan fingerprint density at radius 1 is 1.07 bits per heavy atom. The van der Waals surface area contributed by atoms with Crippen molar-refractivity contribution in [2.75, 3.05) is 32.1 Å². The molecule has 0 saturated carbocycles. The van der Waals surface area contributed by atoms with E-state index in [0.717, 1.165) is 11.6 Å². The van der Waals surface area contributed by atoms with E-state index < -0.39 is 17.8 Å². The lowest BCUT2D eigenvalue weighted by molar-refractivity contribution is -0.137. The number of nitrogens with zero attached hydrogens (tertiary/aromatic N) is 1. The number of likely N-dealkylation sites (N-methyl/N-ethyl adjacent to an activating group) is 1. The molecule has 8 heteroatoms. The molecule has 0 fully saturated rings. The highest BCUT2D eigenvalue weighted by Crippen LogP contribution is 2.37. The van der Waals surface area contributed by atoms with Crippen LogP contribution in [-0.4, -0.2) is 37.7 Å². The molecule has 28 heavy (non-hydrogen) atoms. The summed E-state index contributed by atoms with van der Waals surface area (Å²) in [7, 11) is 1.48. The van der Waals surface area contributed by atoms with Crippen molar-refractivity contribution in [3.8, 4) is 11.5 Å². The van der Waals surface area contributed by atoms with Gasteiger partial charge in [0.15, 0.2) is 0 Å². The van der Waals surface area contributed by atoms with E-state index in [-0.39, 0.29) is 31.2 Å². The molecule has 0 bridgehead atoms. The maximum absolute atomic E-state index is 13.3. The molecule has 152 valence electrons. The monoisotopic (exact) mass is 396 g/mol. The first-order valence-corrected chi connectivity index (χ1v) is 8.76. The summed E-state index contributed by atoms with van der Waals surface area (Å²) in [6.07, 6.45) is -4.62. The van der Waals surface area contributed by atoms with Crippen LogP contribution < -0.4 is 14.8 Å². The predicted octanol–water partition coefficient (Wildman–Crippen LogP) is 4.96. The van der Waals surface area contributed by atoms with Crippen molar-refractivity contribution < 1.29 is 27.4 Å². The molecule has 2 amide bonds. The van der Waals surface area contributed by atoms with E-state index in [0.29, 0.717) is 5.75 Å². The number of aryl methyl sites for hydroxylation is 1. The van der Waals surface area contributed by atoms with Crippen LogP contribution >= 0.6 is 0 Å². The van der Waals surface area contributed by atoms with E-state index in [4.69, 9.17) is 9.47 Å². The first-order valence-electron chi connectivity index (χ1n) is 8.76. The van der Waals surface area contributed by atoms with Crippen molar-refractivity contribution in [3.63, 3.8) is 0 Å². The van der Waals surface area contributed by atoms with Gasteiger partial charge in [-0.2, -0.15) is 13.2 Å². The average Bonchev–Trinajstić information content (AvgIpc) is 2.63. The van der Waals surface area contributed by atoms with Gasteiger partial charge in [-0.25, -0.2) is 4.79 Å². The number of anilines is 1. The Labute approximate surface area is 162 Å². The van der Waals surface area contributed by atoms with Crippen molar-refractivity contribution in [2.24, 2.45) is 0 Å². The smallest absolute Gasteiger partial charge is 0.418 e. The van der Waals surface area contributed by atoms with Gasteiger partial charge in [0.05, 0.1) is 24.4 Å². The van der Waals surface area contributed by atoms with Gasteiger partial charge in [-0.05, 0) is 44.2 Å². The minimum absolute atomic E-state index is 0.0904. The number of halogens is 3. The largest absolute Gasteiger partial charge is 0.494 e. The lowest BCUT2D eigenvalue weighted by Crippen LogP contribution is -2.35. The summed E-state index contributed by atoms with van der Waals surface area (Å²) in [6.45, 7) is 4.29. The highest BCUT2D eigenvalue weighted by atomic mass is 19.4. The number of carbonyl (C=O) groups is 1. The third-order valence-electron chi connectivity index (χ3n) is 3.91. The third-order valence-corrected chi connectivity index (χ3v) is 3.91. The zero-order valence-corrected chi connectivity index (χ0v) is 16.0. The number of ether oxygens (including phenoxy) is 2. The van der Waals surface area contributed by atoms with Crippen LogP contribution in [-0.2, 0) is 6.18 Å².